The van der Waals surface area contributed by atoms with Gasteiger partial charge in [0, 0.05) is 5.56 Å². The molecule has 0 atom stereocenters. The topological polar surface area (TPSA) is 74.6 Å². The first-order valence-electron chi connectivity index (χ1n) is 3.94. The lowest BCUT2D eigenvalue weighted by molar-refractivity contribution is 0.457. The fourth-order valence-corrected chi connectivity index (χ4v) is 2.38. The molecule has 0 saturated heterocycles. The summed E-state index contributed by atoms with van der Waals surface area (Å²) < 4.78 is 30.8. The van der Waals surface area contributed by atoms with Crippen LogP contribution in [0.25, 0.3) is 0 Å². The molecule has 77 valence electrons. The van der Waals surface area contributed by atoms with Gasteiger partial charge < -0.3 is 5.11 Å². The van der Waals surface area contributed by atoms with Crippen LogP contribution in [0.2, 0.25) is 0 Å². The molecule has 1 rings (SSSR count). The molecule has 0 bridgehead atoms. The molecule has 0 aromatic heterocycles. The van der Waals surface area contributed by atoms with E-state index in [9.17, 15) is 13.5 Å². The Balaban J connectivity index is 3.70. The largest absolute Gasteiger partial charge is 0.507 e. The van der Waals surface area contributed by atoms with Crippen molar-refractivity contribution in [1.82, 2.24) is 0 Å². The Hall–Kier alpha value is -1.07. The minimum absolute atomic E-state index is 0.150. The molecule has 2 N–H and O–H groups in total. The normalized spacial score (nSPS) is 11.7. The SMILES string of the molecule is Cc1[c]c(C)c(S(=O)(=O)O)c(C)c1O. The zero-order valence-electron chi connectivity index (χ0n) is 8.12. The second-order valence-electron chi connectivity index (χ2n) is 3.15. The van der Waals surface area contributed by atoms with E-state index in [0.717, 1.165) is 0 Å². The first-order valence-corrected chi connectivity index (χ1v) is 5.38. The van der Waals surface area contributed by atoms with Crippen molar-refractivity contribution >= 4 is 10.1 Å². The van der Waals surface area contributed by atoms with E-state index in [4.69, 9.17) is 4.55 Å². The van der Waals surface area contributed by atoms with Gasteiger partial charge in [-0.05, 0) is 38.0 Å². The standard InChI is InChI=1S/C9H11O4S/c1-5-4-6(2)9(14(11,12)13)7(3)8(5)10/h10H,1-3H3,(H,11,12,13). The molecule has 1 aromatic rings. The number of rotatable bonds is 1. The second-order valence-corrected chi connectivity index (χ2v) is 4.51. The first kappa shape index (κ1) is 11.0. The number of benzene rings is 1. The summed E-state index contributed by atoms with van der Waals surface area (Å²) in [5.41, 5.74) is 0.925. The number of phenols is 1. The molecular weight excluding hydrogens is 204 g/mol. The average molecular weight is 215 g/mol. The van der Waals surface area contributed by atoms with Crippen molar-refractivity contribution in [2.45, 2.75) is 25.7 Å². The Kier molecular flexibility index (Phi) is 2.56. The van der Waals surface area contributed by atoms with E-state index in [1.165, 1.54) is 13.8 Å². The van der Waals surface area contributed by atoms with E-state index in [1.54, 1.807) is 6.92 Å². The molecule has 0 amide bonds. The highest BCUT2D eigenvalue weighted by molar-refractivity contribution is 7.86. The van der Waals surface area contributed by atoms with Crippen molar-refractivity contribution in [3.63, 3.8) is 0 Å². The summed E-state index contributed by atoms with van der Waals surface area (Å²) in [4.78, 5) is -0.263. The van der Waals surface area contributed by atoms with E-state index in [-0.39, 0.29) is 16.2 Å². The molecule has 0 fully saturated rings. The van der Waals surface area contributed by atoms with Gasteiger partial charge in [0.05, 0.1) is 0 Å². The van der Waals surface area contributed by atoms with Crippen molar-refractivity contribution in [1.29, 1.82) is 0 Å². The maximum absolute atomic E-state index is 11.0. The van der Waals surface area contributed by atoms with Gasteiger partial charge in [0.2, 0.25) is 0 Å². The van der Waals surface area contributed by atoms with Crippen LogP contribution in [0.5, 0.6) is 5.75 Å². The number of aromatic hydroxyl groups is 1. The Labute approximate surface area is 82.9 Å². The molecule has 0 unspecified atom stereocenters. The van der Waals surface area contributed by atoms with Gasteiger partial charge in [-0.15, -0.1) is 0 Å². The van der Waals surface area contributed by atoms with Crippen LogP contribution in [0, 0.1) is 26.8 Å². The molecule has 1 aromatic carbocycles. The summed E-state index contributed by atoms with van der Waals surface area (Å²) in [5.74, 6) is -0.150. The fraction of sp³-hybridized carbons (Fsp3) is 0.333. The second kappa shape index (κ2) is 3.25. The summed E-state index contributed by atoms with van der Waals surface area (Å²) in [6.45, 7) is 4.57. The lowest BCUT2D eigenvalue weighted by Crippen LogP contribution is -2.04. The van der Waals surface area contributed by atoms with Gasteiger partial charge in [0.15, 0.2) is 0 Å². The van der Waals surface area contributed by atoms with Crippen LogP contribution in [-0.2, 0) is 10.1 Å². The summed E-state index contributed by atoms with van der Waals surface area (Å²) in [6.07, 6.45) is 0. The summed E-state index contributed by atoms with van der Waals surface area (Å²) >= 11 is 0. The van der Waals surface area contributed by atoms with E-state index in [2.05, 4.69) is 6.07 Å². The molecule has 0 heterocycles. The molecule has 0 saturated carbocycles. The van der Waals surface area contributed by atoms with Crippen LogP contribution in [-0.4, -0.2) is 18.1 Å². The lowest BCUT2D eigenvalue weighted by atomic mass is 10.1. The van der Waals surface area contributed by atoms with Gasteiger partial charge in [-0.1, -0.05) is 0 Å². The third-order valence-corrected chi connectivity index (χ3v) is 3.15. The maximum Gasteiger partial charge on any atom is 0.295 e. The zero-order chi connectivity index (χ0) is 11.1. The quantitative estimate of drug-likeness (QED) is 0.694. The highest BCUT2D eigenvalue weighted by atomic mass is 32.2. The molecule has 0 aliphatic heterocycles. The van der Waals surface area contributed by atoms with Crippen LogP contribution in [0.3, 0.4) is 0 Å². The zero-order valence-corrected chi connectivity index (χ0v) is 8.94. The van der Waals surface area contributed by atoms with Crippen molar-refractivity contribution < 1.29 is 18.1 Å². The highest BCUT2D eigenvalue weighted by Gasteiger charge is 2.20. The van der Waals surface area contributed by atoms with E-state index in [0.29, 0.717) is 11.1 Å². The fourth-order valence-electron chi connectivity index (χ4n) is 1.45. The third kappa shape index (κ3) is 1.73. The van der Waals surface area contributed by atoms with Crippen molar-refractivity contribution in [3.05, 3.63) is 22.8 Å². The highest BCUT2D eigenvalue weighted by Crippen LogP contribution is 2.29. The monoisotopic (exact) mass is 215 g/mol. The number of hydrogen-bond acceptors (Lipinski definition) is 3. The van der Waals surface area contributed by atoms with Crippen molar-refractivity contribution in [3.8, 4) is 5.75 Å². The number of hydrogen-bond donors (Lipinski definition) is 2. The Morgan fingerprint density at radius 1 is 1.14 bits per heavy atom. The summed E-state index contributed by atoms with van der Waals surface area (Å²) in [7, 11) is -4.29. The van der Waals surface area contributed by atoms with Crippen LogP contribution >= 0.6 is 0 Å². The molecular formula is C9H11O4S. The Morgan fingerprint density at radius 3 is 2.07 bits per heavy atom. The molecule has 1 radical (unpaired) electrons. The van der Waals surface area contributed by atoms with Crippen LogP contribution < -0.4 is 0 Å². The van der Waals surface area contributed by atoms with Crippen LogP contribution in [0.15, 0.2) is 4.90 Å². The number of phenolic OH excluding ortho intramolecular Hbond substituents is 1. The third-order valence-electron chi connectivity index (χ3n) is 2.02. The minimum atomic E-state index is -4.29. The lowest BCUT2D eigenvalue weighted by Gasteiger charge is -2.10. The van der Waals surface area contributed by atoms with Crippen molar-refractivity contribution in [2.24, 2.45) is 0 Å². The van der Waals surface area contributed by atoms with Gasteiger partial charge in [-0.2, -0.15) is 8.42 Å². The molecule has 4 nitrogen and oxygen atoms in total. The van der Waals surface area contributed by atoms with Gasteiger partial charge >= 0.3 is 0 Å². The maximum atomic E-state index is 11.0. The Morgan fingerprint density at radius 2 is 1.64 bits per heavy atom. The van der Waals surface area contributed by atoms with Crippen LogP contribution in [0.1, 0.15) is 16.7 Å². The predicted octanol–water partition coefficient (Wildman–Crippen LogP) is 1.36. The Bertz CT molecular complexity index is 474. The van der Waals surface area contributed by atoms with Crippen molar-refractivity contribution in [2.75, 3.05) is 0 Å². The van der Waals surface area contributed by atoms with Gasteiger partial charge in [0.25, 0.3) is 10.1 Å². The van der Waals surface area contributed by atoms with Gasteiger partial charge in [-0.3, -0.25) is 4.55 Å². The van der Waals surface area contributed by atoms with Gasteiger partial charge in [-0.25, -0.2) is 0 Å². The smallest absolute Gasteiger partial charge is 0.295 e. The van der Waals surface area contributed by atoms with Crippen LogP contribution in [0.4, 0.5) is 0 Å². The summed E-state index contributed by atoms with van der Waals surface area (Å²) in [6, 6.07) is 2.67. The minimum Gasteiger partial charge on any atom is -0.507 e. The molecule has 14 heavy (non-hydrogen) atoms. The summed E-state index contributed by atoms with van der Waals surface area (Å²) in [5, 5.41) is 9.47. The average Bonchev–Trinajstić information content (AvgIpc) is 1.97. The van der Waals surface area contributed by atoms with E-state index < -0.39 is 10.1 Å². The first-order chi connectivity index (χ1) is 6.25. The molecule has 5 heteroatoms. The van der Waals surface area contributed by atoms with E-state index >= 15 is 0 Å². The molecule has 0 spiro atoms. The molecule has 0 aliphatic rings. The van der Waals surface area contributed by atoms with E-state index in [1.807, 2.05) is 0 Å². The predicted molar refractivity (Wildman–Crippen MR) is 51.0 cm³/mol. The number of aryl methyl sites for hydroxylation is 2. The molecule has 0 aliphatic carbocycles. The van der Waals surface area contributed by atoms with Gasteiger partial charge in [0.1, 0.15) is 10.6 Å².